The zero-order valence-corrected chi connectivity index (χ0v) is 13.4. The Kier molecular flexibility index (Phi) is 6.52. The van der Waals surface area contributed by atoms with Gasteiger partial charge in [-0.05, 0) is 32.1 Å². The van der Waals surface area contributed by atoms with Crippen molar-refractivity contribution in [2.45, 2.75) is 89.6 Å². The summed E-state index contributed by atoms with van der Waals surface area (Å²) in [6, 6.07) is 0.187. The maximum atomic E-state index is 12.3. The molecule has 0 spiro atoms. The maximum absolute atomic E-state index is 12.3. The Morgan fingerprint density at radius 3 is 2.48 bits per heavy atom. The van der Waals surface area contributed by atoms with Crippen LogP contribution in [0.1, 0.15) is 77.6 Å². The largest absolute Gasteiger partial charge is 0.352 e. The summed E-state index contributed by atoms with van der Waals surface area (Å²) >= 11 is 0. The Morgan fingerprint density at radius 2 is 1.76 bits per heavy atom. The van der Waals surface area contributed by atoms with Crippen molar-refractivity contribution in [3.63, 3.8) is 0 Å². The Labute approximate surface area is 128 Å². The van der Waals surface area contributed by atoms with Gasteiger partial charge in [-0.3, -0.25) is 9.59 Å². The van der Waals surface area contributed by atoms with Gasteiger partial charge in [0.05, 0.1) is 0 Å². The summed E-state index contributed by atoms with van der Waals surface area (Å²) in [7, 11) is 0. The maximum Gasteiger partial charge on any atom is 0.243 e. The number of hydrogen-bond donors (Lipinski definition) is 1. The minimum atomic E-state index is -0.196. The van der Waals surface area contributed by atoms with Crippen molar-refractivity contribution in [2.75, 3.05) is 6.54 Å². The van der Waals surface area contributed by atoms with Crippen molar-refractivity contribution in [2.24, 2.45) is 0 Å². The molecule has 2 aliphatic rings. The number of nitrogens with one attached hydrogen (secondary N) is 1. The van der Waals surface area contributed by atoms with E-state index in [0.717, 1.165) is 45.1 Å². The number of carbonyl (C=O) groups excluding carboxylic acids is 2. The van der Waals surface area contributed by atoms with Gasteiger partial charge in [-0.25, -0.2) is 0 Å². The molecular formula is C17H30N2O2. The average Bonchev–Trinajstić information content (AvgIpc) is 3.14. The second-order valence-corrected chi connectivity index (χ2v) is 6.55. The molecule has 120 valence electrons. The fourth-order valence-electron chi connectivity index (χ4n) is 3.06. The van der Waals surface area contributed by atoms with Crippen molar-refractivity contribution in [1.29, 1.82) is 0 Å². The molecule has 1 saturated carbocycles. The first-order chi connectivity index (χ1) is 10.2. The Balaban J connectivity index is 1.66. The summed E-state index contributed by atoms with van der Waals surface area (Å²) in [4.78, 5) is 26.3. The lowest BCUT2D eigenvalue weighted by molar-refractivity contribution is -0.138. The van der Waals surface area contributed by atoms with Crippen molar-refractivity contribution in [3.8, 4) is 0 Å². The second kappa shape index (κ2) is 8.40. The van der Waals surface area contributed by atoms with Crippen molar-refractivity contribution >= 4 is 11.8 Å². The van der Waals surface area contributed by atoms with Crippen molar-refractivity contribution in [1.82, 2.24) is 10.2 Å². The van der Waals surface area contributed by atoms with Crippen LogP contribution in [0.25, 0.3) is 0 Å². The van der Waals surface area contributed by atoms with E-state index >= 15 is 0 Å². The molecule has 1 N–H and O–H groups in total. The van der Waals surface area contributed by atoms with E-state index in [4.69, 9.17) is 0 Å². The molecule has 2 rings (SSSR count). The zero-order chi connectivity index (χ0) is 15.1. The van der Waals surface area contributed by atoms with Gasteiger partial charge in [0.15, 0.2) is 0 Å². The highest BCUT2D eigenvalue weighted by atomic mass is 16.2. The summed E-state index contributed by atoms with van der Waals surface area (Å²) in [5.74, 6) is 0.255. The van der Waals surface area contributed by atoms with Crippen LogP contribution in [-0.2, 0) is 9.59 Å². The summed E-state index contributed by atoms with van der Waals surface area (Å²) in [6.07, 6.45) is 11.8. The third-order valence-electron chi connectivity index (χ3n) is 4.54. The SMILES string of the molecule is CCCCCCCCC(=O)N1CCC[C@H]1C(=O)NC1CC1. The van der Waals surface area contributed by atoms with E-state index in [-0.39, 0.29) is 17.9 Å². The van der Waals surface area contributed by atoms with Gasteiger partial charge in [-0.1, -0.05) is 39.0 Å². The zero-order valence-electron chi connectivity index (χ0n) is 13.4. The van der Waals surface area contributed by atoms with Crippen LogP contribution in [0.3, 0.4) is 0 Å². The standard InChI is InChI=1S/C17H30N2O2/c1-2-3-4-5-6-7-10-16(20)19-13-8-9-15(19)17(21)18-14-11-12-14/h14-15H,2-13H2,1H3,(H,18,21)/t15-/m0/s1. The number of rotatable bonds is 9. The number of likely N-dealkylation sites (tertiary alicyclic amines) is 1. The molecule has 0 bridgehead atoms. The molecule has 21 heavy (non-hydrogen) atoms. The Bertz CT molecular complexity index is 353. The highest BCUT2D eigenvalue weighted by molar-refractivity contribution is 5.88. The average molecular weight is 294 g/mol. The van der Waals surface area contributed by atoms with Gasteiger partial charge in [0, 0.05) is 19.0 Å². The fraction of sp³-hybridized carbons (Fsp3) is 0.882. The monoisotopic (exact) mass is 294 g/mol. The Hall–Kier alpha value is -1.06. The number of unbranched alkanes of at least 4 members (excludes halogenated alkanes) is 5. The number of amides is 2. The van der Waals surface area contributed by atoms with Gasteiger partial charge >= 0.3 is 0 Å². The molecule has 1 aliphatic heterocycles. The molecule has 0 radical (unpaired) electrons. The van der Waals surface area contributed by atoms with E-state index in [1.54, 1.807) is 0 Å². The van der Waals surface area contributed by atoms with Crippen LogP contribution in [0.5, 0.6) is 0 Å². The first kappa shape index (κ1) is 16.3. The van der Waals surface area contributed by atoms with Crippen LogP contribution >= 0.6 is 0 Å². The summed E-state index contributed by atoms with van der Waals surface area (Å²) < 4.78 is 0. The van der Waals surface area contributed by atoms with Crippen LogP contribution in [0, 0.1) is 0 Å². The highest BCUT2D eigenvalue weighted by Gasteiger charge is 2.35. The molecule has 1 atom stereocenters. The molecule has 2 amide bonds. The number of carbonyl (C=O) groups is 2. The number of hydrogen-bond acceptors (Lipinski definition) is 2. The first-order valence-electron chi connectivity index (χ1n) is 8.82. The first-order valence-corrected chi connectivity index (χ1v) is 8.82. The molecule has 1 aliphatic carbocycles. The molecule has 1 saturated heterocycles. The topological polar surface area (TPSA) is 49.4 Å². The normalized spacial score (nSPS) is 21.6. The van der Waals surface area contributed by atoms with Gasteiger partial charge in [-0.15, -0.1) is 0 Å². The molecule has 4 heteroatoms. The third kappa shape index (κ3) is 5.33. The van der Waals surface area contributed by atoms with Crippen LogP contribution < -0.4 is 5.32 Å². The van der Waals surface area contributed by atoms with Crippen molar-refractivity contribution < 1.29 is 9.59 Å². The second-order valence-electron chi connectivity index (χ2n) is 6.55. The van der Waals surface area contributed by atoms with E-state index in [0.29, 0.717) is 12.5 Å². The van der Waals surface area contributed by atoms with Gasteiger partial charge in [0.1, 0.15) is 6.04 Å². The number of nitrogens with zero attached hydrogens (tertiary/aromatic N) is 1. The van der Waals surface area contributed by atoms with E-state index in [2.05, 4.69) is 12.2 Å². The Morgan fingerprint density at radius 1 is 1.05 bits per heavy atom. The smallest absolute Gasteiger partial charge is 0.243 e. The molecule has 0 aromatic rings. The van der Waals surface area contributed by atoms with E-state index in [1.165, 1.54) is 25.7 Å². The minimum absolute atomic E-state index is 0.0753. The lowest BCUT2D eigenvalue weighted by Crippen LogP contribution is -2.46. The molecule has 1 heterocycles. The van der Waals surface area contributed by atoms with E-state index in [1.807, 2.05) is 4.90 Å². The minimum Gasteiger partial charge on any atom is -0.352 e. The molecule has 0 aromatic heterocycles. The van der Waals surface area contributed by atoms with Crippen molar-refractivity contribution in [3.05, 3.63) is 0 Å². The lowest BCUT2D eigenvalue weighted by atomic mass is 10.1. The molecular weight excluding hydrogens is 264 g/mol. The van der Waals surface area contributed by atoms with Gasteiger partial charge in [-0.2, -0.15) is 0 Å². The lowest BCUT2D eigenvalue weighted by Gasteiger charge is -2.24. The molecule has 2 fully saturated rings. The van der Waals surface area contributed by atoms with Crippen LogP contribution in [0.15, 0.2) is 0 Å². The van der Waals surface area contributed by atoms with Crippen LogP contribution in [0.4, 0.5) is 0 Å². The fourth-order valence-corrected chi connectivity index (χ4v) is 3.06. The molecule has 4 nitrogen and oxygen atoms in total. The van der Waals surface area contributed by atoms with Crippen LogP contribution in [-0.4, -0.2) is 35.3 Å². The van der Waals surface area contributed by atoms with Gasteiger partial charge in [0.25, 0.3) is 0 Å². The summed E-state index contributed by atoms with van der Waals surface area (Å²) in [5, 5.41) is 3.04. The predicted molar refractivity (Wildman–Crippen MR) is 83.9 cm³/mol. The van der Waals surface area contributed by atoms with Crippen LogP contribution in [0.2, 0.25) is 0 Å². The third-order valence-corrected chi connectivity index (χ3v) is 4.54. The van der Waals surface area contributed by atoms with E-state index < -0.39 is 0 Å². The molecule has 0 aromatic carbocycles. The quantitative estimate of drug-likeness (QED) is 0.665. The summed E-state index contributed by atoms with van der Waals surface area (Å²) in [6.45, 7) is 2.97. The van der Waals surface area contributed by atoms with Gasteiger partial charge < -0.3 is 10.2 Å². The summed E-state index contributed by atoms with van der Waals surface area (Å²) in [5.41, 5.74) is 0. The molecule has 0 unspecified atom stereocenters. The highest BCUT2D eigenvalue weighted by Crippen LogP contribution is 2.23. The predicted octanol–water partition coefficient (Wildman–Crippen LogP) is 3.01. The van der Waals surface area contributed by atoms with Gasteiger partial charge in [0.2, 0.25) is 11.8 Å². The van der Waals surface area contributed by atoms with E-state index in [9.17, 15) is 9.59 Å².